The third kappa shape index (κ3) is 2.71. The van der Waals surface area contributed by atoms with Crippen molar-refractivity contribution in [3.63, 3.8) is 0 Å². The number of anilines is 1. The number of hydrogen-bond acceptors (Lipinski definition) is 3. The molecule has 0 aliphatic heterocycles. The summed E-state index contributed by atoms with van der Waals surface area (Å²) < 4.78 is 23.8. The first kappa shape index (κ1) is 12.2. The Morgan fingerprint density at radius 2 is 1.72 bits per heavy atom. The predicted octanol–water partition coefficient (Wildman–Crippen LogP) is 3.52. The highest BCUT2D eigenvalue weighted by atomic mass is 19.1. The normalized spacial score (nSPS) is 10.2. The summed E-state index contributed by atoms with van der Waals surface area (Å²) in [6.07, 6.45) is 0. The Morgan fingerprint density at radius 1 is 1.00 bits per heavy atom. The number of aryl methyl sites for hydroxylation is 1. The highest BCUT2D eigenvalue weighted by molar-refractivity contribution is 5.51. The van der Waals surface area contributed by atoms with Crippen LogP contribution in [-0.4, -0.2) is 7.11 Å². The van der Waals surface area contributed by atoms with Crippen molar-refractivity contribution >= 4 is 5.69 Å². The van der Waals surface area contributed by atoms with Gasteiger partial charge in [-0.25, -0.2) is 4.39 Å². The molecule has 0 unspecified atom stereocenters. The van der Waals surface area contributed by atoms with Crippen molar-refractivity contribution < 1.29 is 13.9 Å². The second-order valence-electron chi connectivity index (χ2n) is 3.95. The average molecular weight is 247 g/mol. The Morgan fingerprint density at radius 3 is 2.39 bits per heavy atom. The minimum atomic E-state index is -0.257. The van der Waals surface area contributed by atoms with Crippen LogP contribution in [0.4, 0.5) is 10.1 Å². The summed E-state index contributed by atoms with van der Waals surface area (Å²) in [6, 6.07) is 9.66. The highest BCUT2D eigenvalue weighted by Crippen LogP contribution is 2.29. The number of methoxy groups -OCH3 is 1. The van der Waals surface area contributed by atoms with Gasteiger partial charge in [-0.3, -0.25) is 0 Å². The molecule has 0 atom stereocenters. The molecule has 0 radical (unpaired) electrons. The summed E-state index contributed by atoms with van der Waals surface area (Å²) in [5, 5.41) is 0. The number of hydrogen-bond donors (Lipinski definition) is 1. The fourth-order valence-corrected chi connectivity index (χ4v) is 1.59. The number of ether oxygens (including phenoxy) is 2. The fraction of sp³-hybridized carbons (Fsp3) is 0.143. The SMILES string of the molecule is COc1cc(N)cc(Oc2ccc(F)c(C)c2)c1. The molecule has 0 amide bonds. The number of nitrogen functional groups attached to an aromatic ring is 1. The number of nitrogens with two attached hydrogens (primary N) is 1. The monoisotopic (exact) mass is 247 g/mol. The minimum absolute atomic E-state index is 0.257. The van der Waals surface area contributed by atoms with E-state index in [0.717, 1.165) is 0 Å². The molecule has 0 heterocycles. The van der Waals surface area contributed by atoms with Crippen molar-refractivity contribution in [2.75, 3.05) is 12.8 Å². The molecule has 0 spiro atoms. The second-order valence-corrected chi connectivity index (χ2v) is 3.95. The number of benzene rings is 2. The molecule has 2 aromatic carbocycles. The van der Waals surface area contributed by atoms with Gasteiger partial charge >= 0.3 is 0 Å². The minimum Gasteiger partial charge on any atom is -0.497 e. The van der Waals surface area contributed by atoms with E-state index in [-0.39, 0.29) is 5.82 Å². The molecule has 0 fully saturated rings. The van der Waals surface area contributed by atoms with Crippen LogP contribution in [0.25, 0.3) is 0 Å². The van der Waals surface area contributed by atoms with Gasteiger partial charge in [0.2, 0.25) is 0 Å². The molecule has 94 valence electrons. The largest absolute Gasteiger partial charge is 0.497 e. The maximum atomic E-state index is 13.1. The molecular formula is C14H14FNO2. The van der Waals surface area contributed by atoms with Crippen molar-refractivity contribution in [3.8, 4) is 17.2 Å². The van der Waals surface area contributed by atoms with Crippen LogP contribution in [0.1, 0.15) is 5.56 Å². The number of rotatable bonds is 3. The molecule has 2 rings (SSSR count). The molecule has 2 N–H and O–H groups in total. The number of halogens is 1. The van der Waals surface area contributed by atoms with Gasteiger partial charge in [0.05, 0.1) is 7.11 Å². The summed E-state index contributed by atoms with van der Waals surface area (Å²) in [6.45, 7) is 1.68. The van der Waals surface area contributed by atoms with Crippen molar-refractivity contribution in [3.05, 3.63) is 47.8 Å². The standard InChI is InChI=1S/C14H14FNO2/c1-9-5-11(3-4-14(9)15)18-13-7-10(16)6-12(8-13)17-2/h3-8H,16H2,1-2H3. The smallest absolute Gasteiger partial charge is 0.133 e. The van der Waals surface area contributed by atoms with Gasteiger partial charge in [-0.2, -0.15) is 0 Å². The third-order valence-electron chi connectivity index (χ3n) is 2.50. The van der Waals surface area contributed by atoms with E-state index in [1.54, 1.807) is 44.4 Å². The average Bonchev–Trinajstić information content (AvgIpc) is 2.33. The Balaban J connectivity index is 2.27. The van der Waals surface area contributed by atoms with Gasteiger partial charge in [-0.1, -0.05) is 0 Å². The van der Waals surface area contributed by atoms with Crippen LogP contribution in [0.15, 0.2) is 36.4 Å². The van der Waals surface area contributed by atoms with Crippen molar-refractivity contribution in [1.82, 2.24) is 0 Å². The van der Waals surface area contributed by atoms with Crippen molar-refractivity contribution in [2.24, 2.45) is 0 Å². The molecular weight excluding hydrogens is 233 g/mol. The van der Waals surface area contributed by atoms with Crippen molar-refractivity contribution in [1.29, 1.82) is 0 Å². The summed E-state index contributed by atoms with van der Waals surface area (Å²) in [5.74, 6) is 1.47. The lowest BCUT2D eigenvalue weighted by Gasteiger charge is -2.09. The van der Waals surface area contributed by atoms with Crippen molar-refractivity contribution in [2.45, 2.75) is 6.92 Å². The summed E-state index contributed by atoms with van der Waals surface area (Å²) >= 11 is 0. The lowest BCUT2D eigenvalue weighted by molar-refractivity contribution is 0.409. The molecule has 4 heteroatoms. The topological polar surface area (TPSA) is 44.5 Å². The van der Waals surface area contributed by atoms with Gasteiger partial charge in [0.1, 0.15) is 23.1 Å². The molecule has 0 saturated heterocycles. The first-order valence-electron chi connectivity index (χ1n) is 5.47. The summed E-state index contributed by atoms with van der Waals surface area (Å²) in [4.78, 5) is 0. The zero-order chi connectivity index (χ0) is 13.1. The van der Waals surface area contributed by atoms with Crippen LogP contribution in [0.5, 0.6) is 17.2 Å². The zero-order valence-corrected chi connectivity index (χ0v) is 10.2. The van der Waals surface area contributed by atoms with Crippen LogP contribution >= 0.6 is 0 Å². The molecule has 0 aliphatic carbocycles. The zero-order valence-electron chi connectivity index (χ0n) is 10.2. The molecule has 2 aromatic rings. The van der Waals surface area contributed by atoms with E-state index in [1.807, 2.05) is 0 Å². The Kier molecular flexibility index (Phi) is 3.37. The van der Waals surface area contributed by atoms with Crippen LogP contribution in [0.3, 0.4) is 0 Å². The van der Waals surface area contributed by atoms with E-state index in [2.05, 4.69) is 0 Å². The van der Waals surface area contributed by atoms with E-state index in [9.17, 15) is 4.39 Å². The second kappa shape index (κ2) is 4.96. The van der Waals surface area contributed by atoms with E-state index in [4.69, 9.17) is 15.2 Å². The molecule has 0 bridgehead atoms. The highest BCUT2D eigenvalue weighted by Gasteiger charge is 2.04. The van der Waals surface area contributed by atoms with Gasteiger partial charge in [0.25, 0.3) is 0 Å². The van der Waals surface area contributed by atoms with Crippen LogP contribution in [0.2, 0.25) is 0 Å². The Labute approximate surface area is 105 Å². The fourth-order valence-electron chi connectivity index (χ4n) is 1.59. The van der Waals surface area contributed by atoms with Gasteiger partial charge in [0, 0.05) is 23.9 Å². The van der Waals surface area contributed by atoms with Gasteiger partial charge in [-0.05, 0) is 30.7 Å². The van der Waals surface area contributed by atoms with Gasteiger partial charge in [-0.15, -0.1) is 0 Å². The molecule has 3 nitrogen and oxygen atoms in total. The summed E-state index contributed by atoms with van der Waals surface area (Å²) in [5.41, 5.74) is 6.80. The van der Waals surface area contributed by atoms with Crippen LogP contribution in [0, 0.1) is 12.7 Å². The predicted molar refractivity (Wildman–Crippen MR) is 68.6 cm³/mol. The first-order valence-corrected chi connectivity index (χ1v) is 5.47. The molecule has 18 heavy (non-hydrogen) atoms. The molecule has 0 saturated carbocycles. The quantitative estimate of drug-likeness (QED) is 0.844. The van der Waals surface area contributed by atoms with E-state index < -0.39 is 0 Å². The third-order valence-corrected chi connectivity index (χ3v) is 2.50. The lowest BCUT2D eigenvalue weighted by Crippen LogP contribution is -1.92. The van der Waals surface area contributed by atoms with E-state index >= 15 is 0 Å². The molecule has 0 aliphatic rings. The first-order chi connectivity index (χ1) is 8.58. The van der Waals surface area contributed by atoms with Gasteiger partial charge < -0.3 is 15.2 Å². The van der Waals surface area contributed by atoms with Crippen LogP contribution < -0.4 is 15.2 Å². The maximum Gasteiger partial charge on any atom is 0.133 e. The van der Waals surface area contributed by atoms with Gasteiger partial charge in [0.15, 0.2) is 0 Å². The Bertz CT molecular complexity index is 570. The van der Waals surface area contributed by atoms with E-state index in [1.165, 1.54) is 6.07 Å². The van der Waals surface area contributed by atoms with Crippen LogP contribution in [-0.2, 0) is 0 Å². The van der Waals surface area contributed by atoms with E-state index in [0.29, 0.717) is 28.5 Å². The summed E-state index contributed by atoms with van der Waals surface area (Å²) in [7, 11) is 1.56. The lowest BCUT2D eigenvalue weighted by atomic mass is 10.2. The maximum absolute atomic E-state index is 13.1. The Hall–Kier alpha value is -2.23. The molecule has 0 aromatic heterocycles.